The molecule has 0 aliphatic carbocycles. The summed E-state index contributed by atoms with van der Waals surface area (Å²) >= 11 is 0. The second kappa shape index (κ2) is 15.5. The Bertz CT molecular complexity index is 153. The quantitative estimate of drug-likeness (QED) is 0.378. The molecule has 1 heterocycles. The van der Waals surface area contributed by atoms with Crippen molar-refractivity contribution in [2.75, 3.05) is 0 Å². The molecule has 0 radical (unpaired) electrons. The third kappa shape index (κ3) is 17.1. The van der Waals surface area contributed by atoms with Crippen molar-refractivity contribution in [3.63, 3.8) is 0 Å². The predicted octanol–water partition coefficient (Wildman–Crippen LogP) is -26.5. The van der Waals surface area contributed by atoms with Crippen LogP contribution in [-0.2, 0) is 12.3 Å². The zero-order chi connectivity index (χ0) is 9.62. The fourth-order valence-electron chi connectivity index (χ4n) is 0.522. The van der Waals surface area contributed by atoms with Crippen LogP contribution < -0.4 is 206 Å². The first-order chi connectivity index (χ1) is 5.12. The summed E-state index contributed by atoms with van der Waals surface area (Å²) < 4.78 is 9.73. The zero-order valence-corrected chi connectivity index (χ0v) is 26.2. The number of rotatable bonds is 0. The summed E-state index contributed by atoms with van der Waals surface area (Å²) in [6, 6.07) is 0. The van der Waals surface area contributed by atoms with Gasteiger partial charge >= 0.3 is 177 Å². The van der Waals surface area contributed by atoms with Crippen molar-refractivity contribution in [1.29, 1.82) is 0 Å². The van der Waals surface area contributed by atoms with Gasteiger partial charge in [0.25, 0.3) is 0 Å². The van der Waals surface area contributed by atoms with E-state index in [2.05, 4.69) is 12.3 Å². The van der Waals surface area contributed by atoms with Gasteiger partial charge in [-0.2, -0.15) is 0 Å². The van der Waals surface area contributed by atoms with Crippen molar-refractivity contribution >= 4 is 27.1 Å². The molecular formula is Na6O9Si3. The minimum atomic E-state index is -5.61. The van der Waals surface area contributed by atoms with Gasteiger partial charge in [-0.1, -0.05) is 0 Å². The van der Waals surface area contributed by atoms with Gasteiger partial charge in [-0.25, -0.2) is 0 Å². The molecule has 1 rings (SSSR count). The van der Waals surface area contributed by atoms with E-state index in [4.69, 9.17) is 0 Å². The Morgan fingerprint density at radius 1 is 0.389 bits per heavy atom. The third-order valence-electron chi connectivity index (χ3n) is 0.750. The molecule has 0 N–H and O–H groups in total. The van der Waals surface area contributed by atoms with Gasteiger partial charge in [0.15, 0.2) is 0 Å². The first-order valence-electron chi connectivity index (χ1n) is 2.45. The molecule has 0 bridgehead atoms. The molecule has 0 amide bonds. The van der Waals surface area contributed by atoms with Gasteiger partial charge in [0, 0.05) is 0 Å². The van der Waals surface area contributed by atoms with E-state index in [1.54, 1.807) is 0 Å². The third-order valence-corrected chi connectivity index (χ3v) is 6.75. The normalized spacial score (nSPS) is 21.0. The Hall–Kier alpha value is 6.29. The van der Waals surface area contributed by atoms with Crippen molar-refractivity contribution in [2.45, 2.75) is 0 Å². The molecule has 1 aliphatic rings. The van der Waals surface area contributed by atoms with E-state index in [0.717, 1.165) is 0 Å². The zero-order valence-electron chi connectivity index (χ0n) is 11.2. The van der Waals surface area contributed by atoms with Crippen LogP contribution in [0.5, 0.6) is 0 Å². The van der Waals surface area contributed by atoms with Gasteiger partial charge in [0.05, 0.1) is 0 Å². The summed E-state index contributed by atoms with van der Waals surface area (Å²) in [5, 5.41) is 0. The van der Waals surface area contributed by atoms with Crippen LogP contribution in [0, 0.1) is 0 Å². The Labute approximate surface area is 240 Å². The van der Waals surface area contributed by atoms with Crippen LogP contribution in [0.25, 0.3) is 0 Å². The smallest absolute Gasteiger partial charge is 0.829 e. The summed E-state index contributed by atoms with van der Waals surface area (Å²) in [4.78, 5) is 61.7. The van der Waals surface area contributed by atoms with Crippen molar-refractivity contribution in [1.82, 2.24) is 0 Å². The first-order valence-corrected chi connectivity index (χ1v) is 7.35. The molecule has 9 nitrogen and oxygen atoms in total. The Morgan fingerprint density at radius 2 is 0.500 bits per heavy atom. The van der Waals surface area contributed by atoms with Gasteiger partial charge in [0.1, 0.15) is 27.1 Å². The van der Waals surface area contributed by atoms with E-state index in [0.29, 0.717) is 0 Å². The van der Waals surface area contributed by atoms with Crippen LogP contribution in [0.4, 0.5) is 0 Å². The molecule has 0 spiro atoms. The summed E-state index contributed by atoms with van der Waals surface area (Å²) in [6.07, 6.45) is 0. The Kier molecular flexibility index (Phi) is 34.0. The van der Waals surface area contributed by atoms with E-state index in [1.807, 2.05) is 0 Å². The van der Waals surface area contributed by atoms with Crippen LogP contribution in [0.3, 0.4) is 0 Å². The van der Waals surface area contributed by atoms with Crippen LogP contribution in [0.1, 0.15) is 0 Å². The fraction of sp³-hybridized carbons (Fsp3) is 0. The maximum absolute atomic E-state index is 10.3. The molecule has 0 unspecified atom stereocenters. The maximum Gasteiger partial charge on any atom is 1.00 e. The van der Waals surface area contributed by atoms with Crippen LogP contribution in [0.15, 0.2) is 0 Å². The second-order valence-corrected chi connectivity index (χ2v) is 7.26. The van der Waals surface area contributed by atoms with Crippen molar-refractivity contribution < 1.29 is 218 Å². The molecule has 72 valence electrons. The van der Waals surface area contributed by atoms with Gasteiger partial charge in [-0.15, -0.1) is 0 Å². The molecule has 0 aromatic heterocycles. The summed E-state index contributed by atoms with van der Waals surface area (Å²) in [5.41, 5.74) is 0. The molecular weight excluding hydrogens is 366 g/mol. The molecule has 0 aromatic carbocycles. The van der Waals surface area contributed by atoms with E-state index in [1.165, 1.54) is 0 Å². The molecule has 0 atom stereocenters. The summed E-state index contributed by atoms with van der Waals surface area (Å²) in [6.45, 7) is 0. The van der Waals surface area contributed by atoms with Crippen molar-refractivity contribution in [3.8, 4) is 0 Å². The molecule has 1 saturated heterocycles. The Morgan fingerprint density at radius 3 is 0.611 bits per heavy atom. The Balaban J connectivity index is -0.0000000600. The number of hydrogen-bond donors (Lipinski definition) is 0. The van der Waals surface area contributed by atoms with Crippen molar-refractivity contribution in [2.24, 2.45) is 0 Å². The molecule has 0 saturated carbocycles. The van der Waals surface area contributed by atoms with Crippen LogP contribution in [-0.4, -0.2) is 27.1 Å². The van der Waals surface area contributed by atoms with Gasteiger partial charge < -0.3 is 41.1 Å². The largest absolute Gasteiger partial charge is 1.00 e. The SMILES string of the molecule is [Na+].[Na+].[Na+].[Na+].[Na+].[Na+].[O-][Si]1([O-])O[Si]([O-])([O-])O[Si]([O-])([O-])O1. The molecule has 0 aromatic rings. The summed E-state index contributed by atoms with van der Waals surface area (Å²) in [5.74, 6) is 0. The average molecular weight is 366 g/mol. The summed E-state index contributed by atoms with van der Waals surface area (Å²) in [7, 11) is -16.8. The van der Waals surface area contributed by atoms with Gasteiger partial charge in [-0.05, 0) is 0 Å². The average Bonchev–Trinajstić information content (AvgIpc) is 1.44. The predicted molar refractivity (Wildman–Crippen MR) is 20.5 cm³/mol. The minimum absolute atomic E-state index is 0. The van der Waals surface area contributed by atoms with E-state index in [-0.39, 0.29) is 177 Å². The molecule has 18 heteroatoms. The van der Waals surface area contributed by atoms with Crippen LogP contribution >= 0.6 is 0 Å². The first kappa shape index (κ1) is 39.4. The van der Waals surface area contributed by atoms with E-state index < -0.39 is 27.1 Å². The number of hydrogen-bond acceptors (Lipinski definition) is 9. The van der Waals surface area contributed by atoms with E-state index in [9.17, 15) is 28.8 Å². The second-order valence-electron chi connectivity index (χ2n) is 1.81. The van der Waals surface area contributed by atoms with Gasteiger partial charge in [-0.3, -0.25) is 0 Å². The van der Waals surface area contributed by atoms with Gasteiger partial charge in [0.2, 0.25) is 0 Å². The molecule has 1 aliphatic heterocycles. The minimum Gasteiger partial charge on any atom is -0.829 e. The monoisotopic (exact) mass is 366 g/mol. The maximum atomic E-state index is 10.3. The van der Waals surface area contributed by atoms with E-state index >= 15 is 0 Å². The molecule has 18 heavy (non-hydrogen) atoms. The topological polar surface area (TPSA) is 166 Å². The standard InChI is InChI=1S/6Na.O9Si3/c;;;;;;1-10(2)7-11(3,4)9-12(5,6)8-10/q6*+1;-6. The van der Waals surface area contributed by atoms with Crippen molar-refractivity contribution in [3.05, 3.63) is 0 Å². The molecule has 1 fully saturated rings. The fourth-order valence-corrected chi connectivity index (χ4v) is 5.82. The van der Waals surface area contributed by atoms with Crippen LogP contribution in [0.2, 0.25) is 0 Å².